The molecule has 0 saturated carbocycles. The maximum absolute atomic E-state index is 11.4. The van der Waals surface area contributed by atoms with Crippen molar-refractivity contribution in [3.63, 3.8) is 0 Å². The summed E-state index contributed by atoms with van der Waals surface area (Å²) in [4.78, 5) is 21.6. The van der Waals surface area contributed by atoms with Gasteiger partial charge in [0.15, 0.2) is 5.78 Å². The van der Waals surface area contributed by atoms with Gasteiger partial charge in [-0.1, -0.05) is 82.6 Å². The Morgan fingerprint density at radius 3 is 2.00 bits per heavy atom. The van der Waals surface area contributed by atoms with E-state index in [1.165, 1.54) is 69.9 Å². The summed E-state index contributed by atoms with van der Waals surface area (Å²) in [6.07, 6.45) is 22.7. The minimum absolute atomic E-state index is 0.0878. The second-order valence-electron chi connectivity index (χ2n) is 5.82. The molecule has 0 spiro atoms. The number of carbonyl (C=O) groups is 2. The van der Waals surface area contributed by atoms with E-state index in [9.17, 15) is 9.59 Å². The molecule has 0 aromatic heterocycles. The third kappa shape index (κ3) is 18.3. The van der Waals surface area contributed by atoms with Gasteiger partial charge in [-0.15, -0.1) is 0 Å². The monoisotopic (exact) mass is 320 g/mol. The van der Waals surface area contributed by atoms with E-state index in [0.29, 0.717) is 0 Å². The fourth-order valence-electron chi connectivity index (χ4n) is 2.25. The number of aliphatic carboxylic acids is 1. The molecule has 3 heteroatoms. The summed E-state index contributed by atoms with van der Waals surface area (Å²) in [5.74, 6) is -1.11. The Labute approximate surface area is 141 Å². The van der Waals surface area contributed by atoms with Crippen molar-refractivity contribution in [2.24, 2.45) is 0 Å². The summed E-state index contributed by atoms with van der Waals surface area (Å²) in [6, 6.07) is 0. The number of ketones is 1. The molecule has 3 nitrogen and oxygen atoms in total. The van der Waals surface area contributed by atoms with Gasteiger partial charge >= 0.3 is 5.97 Å². The lowest BCUT2D eigenvalue weighted by Crippen LogP contribution is -1.91. The van der Waals surface area contributed by atoms with Crippen LogP contribution in [0.3, 0.4) is 0 Å². The van der Waals surface area contributed by atoms with E-state index in [4.69, 9.17) is 5.11 Å². The molecule has 0 rings (SSSR count). The zero-order valence-corrected chi connectivity index (χ0v) is 14.5. The standard InChI is InChI=1S/C20H32O3/c1-2-3-4-5-6-7-8-9-10-11-12-13-14-16-19(21)17-15-18-20(22)23/h12-16,18H,2-11,17H2,1H3,(H,22,23)/b13-12-,16-14+,18-15?. The van der Waals surface area contributed by atoms with Crippen molar-refractivity contribution in [1.29, 1.82) is 0 Å². The highest BCUT2D eigenvalue weighted by Crippen LogP contribution is 2.10. The van der Waals surface area contributed by atoms with E-state index in [1.807, 2.05) is 6.08 Å². The van der Waals surface area contributed by atoms with Crippen LogP contribution in [-0.4, -0.2) is 16.9 Å². The lowest BCUT2D eigenvalue weighted by molar-refractivity contribution is -0.131. The third-order valence-corrected chi connectivity index (χ3v) is 3.58. The van der Waals surface area contributed by atoms with Crippen molar-refractivity contribution in [2.45, 2.75) is 77.6 Å². The molecule has 0 aromatic rings. The molecule has 0 heterocycles. The Hall–Kier alpha value is -1.64. The molecule has 1 N–H and O–H groups in total. The Balaban J connectivity index is 3.44. The van der Waals surface area contributed by atoms with Gasteiger partial charge in [-0.05, 0) is 18.9 Å². The van der Waals surface area contributed by atoms with Gasteiger partial charge < -0.3 is 5.11 Å². The third-order valence-electron chi connectivity index (χ3n) is 3.58. The molecule has 0 radical (unpaired) electrons. The summed E-state index contributed by atoms with van der Waals surface area (Å²) in [5, 5.41) is 8.40. The average Bonchev–Trinajstić information content (AvgIpc) is 2.51. The highest BCUT2D eigenvalue weighted by atomic mass is 16.4. The van der Waals surface area contributed by atoms with Crippen LogP contribution in [0.4, 0.5) is 0 Å². The van der Waals surface area contributed by atoms with Gasteiger partial charge in [-0.3, -0.25) is 4.79 Å². The van der Waals surface area contributed by atoms with Gasteiger partial charge in [0.1, 0.15) is 0 Å². The second-order valence-corrected chi connectivity index (χ2v) is 5.82. The minimum atomic E-state index is -1.03. The van der Waals surface area contributed by atoms with Crippen LogP contribution in [-0.2, 0) is 9.59 Å². The lowest BCUT2D eigenvalue weighted by atomic mass is 10.1. The van der Waals surface area contributed by atoms with Crippen LogP contribution in [0.15, 0.2) is 36.5 Å². The van der Waals surface area contributed by atoms with Crippen molar-refractivity contribution in [3.8, 4) is 0 Å². The first-order chi connectivity index (χ1) is 11.2. The largest absolute Gasteiger partial charge is 0.478 e. The zero-order chi connectivity index (χ0) is 17.2. The molecular weight excluding hydrogens is 288 g/mol. The van der Waals surface area contributed by atoms with Crippen LogP contribution in [0, 0.1) is 0 Å². The van der Waals surface area contributed by atoms with Crippen LogP contribution in [0.2, 0.25) is 0 Å². The molecule has 0 aliphatic rings. The smallest absolute Gasteiger partial charge is 0.327 e. The molecule has 0 atom stereocenters. The number of carbonyl (C=O) groups excluding carboxylic acids is 1. The summed E-state index contributed by atoms with van der Waals surface area (Å²) in [6.45, 7) is 2.25. The second kappa shape index (κ2) is 16.7. The van der Waals surface area contributed by atoms with Crippen LogP contribution < -0.4 is 0 Å². The van der Waals surface area contributed by atoms with Crippen LogP contribution >= 0.6 is 0 Å². The van der Waals surface area contributed by atoms with E-state index < -0.39 is 5.97 Å². The molecular formula is C20H32O3. The number of allylic oxidation sites excluding steroid dienone is 5. The van der Waals surface area contributed by atoms with E-state index >= 15 is 0 Å². The molecule has 130 valence electrons. The Kier molecular flexibility index (Phi) is 15.5. The Bertz CT molecular complexity index is 392. The zero-order valence-electron chi connectivity index (χ0n) is 14.5. The Morgan fingerprint density at radius 2 is 1.39 bits per heavy atom. The van der Waals surface area contributed by atoms with E-state index in [0.717, 1.165) is 12.5 Å². The first-order valence-electron chi connectivity index (χ1n) is 8.92. The molecule has 0 fully saturated rings. The molecule has 23 heavy (non-hydrogen) atoms. The van der Waals surface area contributed by atoms with Crippen LogP contribution in [0.5, 0.6) is 0 Å². The molecule has 0 amide bonds. The molecule has 0 unspecified atom stereocenters. The maximum atomic E-state index is 11.4. The predicted molar refractivity (Wildman–Crippen MR) is 96.5 cm³/mol. The van der Waals surface area contributed by atoms with Crippen LogP contribution in [0.1, 0.15) is 77.6 Å². The Morgan fingerprint density at radius 1 is 0.783 bits per heavy atom. The van der Waals surface area contributed by atoms with E-state index in [2.05, 4.69) is 13.0 Å². The fraction of sp³-hybridized carbons (Fsp3) is 0.600. The van der Waals surface area contributed by atoms with Gasteiger partial charge in [-0.25, -0.2) is 4.79 Å². The summed E-state index contributed by atoms with van der Waals surface area (Å²) in [5.41, 5.74) is 0. The number of unbranched alkanes of at least 4 members (excludes halogenated alkanes) is 9. The van der Waals surface area contributed by atoms with Gasteiger partial charge in [0.2, 0.25) is 0 Å². The SMILES string of the molecule is CCCCCCCCCCC/C=C\C=C\C(=O)CC=CC(=O)O. The number of hydrogen-bond donors (Lipinski definition) is 1. The van der Waals surface area contributed by atoms with Crippen molar-refractivity contribution in [2.75, 3.05) is 0 Å². The van der Waals surface area contributed by atoms with Gasteiger partial charge in [0, 0.05) is 12.5 Å². The molecule has 0 aliphatic carbocycles. The molecule has 0 saturated heterocycles. The first-order valence-corrected chi connectivity index (χ1v) is 8.92. The van der Waals surface area contributed by atoms with Crippen LogP contribution in [0.25, 0.3) is 0 Å². The number of hydrogen-bond acceptors (Lipinski definition) is 2. The van der Waals surface area contributed by atoms with Crippen molar-refractivity contribution in [3.05, 3.63) is 36.5 Å². The average molecular weight is 320 g/mol. The van der Waals surface area contributed by atoms with E-state index in [-0.39, 0.29) is 12.2 Å². The van der Waals surface area contributed by atoms with Crippen molar-refractivity contribution in [1.82, 2.24) is 0 Å². The number of carboxylic acids is 1. The van der Waals surface area contributed by atoms with Crippen molar-refractivity contribution < 1.29 is 14.7 Å². The van der Waals surface area contributed by atoms with Gasteiger partial charge in [0.25, 0.3) is 0 Å². The predicted octanol–water partition coefficient (Wildman–Crippen LogP) is 5.62. The summed E-state index contributed by atoms with van der Waals surface area (Å²) < 4.78 is 0. The molecule has 0 aliphatic heterocycles. The van der Waals surface area contributed by atoms with Gasteiger partial charge in [0.05, 0.1) is 0 Å². The normalized spacial score (nSPS) is 11.9. The molecule has 0 bridgehead atoms. The van der Waals surface area contributed by atoms with Gasteiger partial charge in [-0.2, -0.15) is 0 Å². The first kappa shape index (κ1) is 21.4. The summed E-state index contributed by atoms with van der Waals surface area (Å²) in [7, 11) is 0. The molecule has 0 aromatic carbocycles. The number of carboxylic acid groups (broad SMARTS) is 1. The highest BCUT2D eigenvalue weighted by molar-refractivity contribution is 5.91. The van der Waals surface area contributed by atoms with Crippen molar-refractivity contribution >= 4 is 11.8 Å². The number of rotatable bonds is 15. The topological polar surface area (TPSA) is 54.4 Å². The van der Waals surface area contributed by atoms with E-state index in [1.54, 1.807) is 6.08 Å². The minimum Gasteiger partial charge on any atom is -0.478 e. The lowest BCUT2D eigenvalue weighted by Gasteiger charge is -2.00. The quantitative estimate of drug-likeness (QED) is 0.242. The maximum Gasteiger partial charge on any atom is 0.327 e. The highest BCUT2D eigenvalue weighted by Gasteiger charge is 1.93. The summed E-state index contributed by atoms with van der Waals surface area (Å²) >= 11 is 0. The fourth-order valence-corrected chi connectivity index (χ4v) is 2.25.